The fourth-order valence-corrected chi connectivity index (χ4v) is 1.56. The summed E-state index contributed by atoms with van der Waals surface area (Å²) in [5.41, 5.74) is 0.428. The molecule has 0 radical (unpaired) electrons. The summed E-state index contributed by atoms with van der Waals surface area (Å²) in [5, 5.41) is 9.68. The summed E-state index contributed by atoms with van der Waals surface area (Å²) in [4.78, 5) is 11.8. The molecule has 0 aliphatic heterocycles. The maximum absolute atomic E-state index is 11.8. The molecule has 1 N–H and O–H groups in total. The van der Waals surface area contributed by atoms with Gasteiger partial charge in [-0.05, 0) is 45.4 Å². The van der Waals surface area contributed by atoms with Crippen molar-refractivity contribution in [2.24, 2.45) is 0 Å². The van der Waals surface area contributed by atoms with Crippen LogP contribution in [0.1, 0.15) is 49.7 Å². The number of benzene rings is 1. The number of carbonyl (C=O) groups excluding carboxylic acids is 1. The molecule has 0 amide bonds. The minimum Gasteiger partial charge on any atom is -0.456 e. The Labute approximate surface area is 106 Å². The molecule has 17 heavy (non-hydrogen) atoms. The highest BCUT2D eigenvalue weighted by molar-refractivity contribution is 6.33. The van der Waals surface area contributed by atoms with E-state index < -0.39 is 17.7 Å². The molecular weight excluding hydrogens is 240 g/mol. The second-order valence-electron chi connectivity index (χ2n) is 4.92. The van der Waals surface area contributed by atoms with Crippen LogP contribution in [-0.2, 0) is 4.74 Å². The van der Waals surface area contributed by atoms with Crippen molar-refractivity contribution in [1.82, 2.24) is 0 Å². The van der Waals surface area contributed by atoms with Gasteiger partial charge in [0.1, 0.15) is 5.60 Å². The minimum atomic E-state index is -0.611. The Morgan fingerprint density at radius 2 is 2.00 bits per heavy atom. The molecule has 0 aromatic heterocycles. The summed E-state index contributed by atoms with van der Waals surface area (Å²) >= 11 is 5.99. The SMILES string of the molecule is CC(O)c1ccc(C(=O)OC(C)(C)C)c(Cl)c1. The van der Waals surface area contributed by atoms with Gasteiger partial charge in [-0.25, -0.2) is 4.79 Å². The van der Waals surface area contributed by atoms with Gasteiger partial charge in [-0.2, -0.15) is 0 Å². The zero-order chi connectivity index (χ0) is 13.2. The predicted octanol–water partition coefficient (Wildman–Crippen LogP) is 3.35. The van der Waals surface area contributed by atoms with E-state index in [1.807, 2.05) is 0 Å². The first-order chi connectivity index (χ1) is 7.70. The highest BCUT2D eigenvalue weighted by Crippen LogP contribution is 2.23. The smallest absolute Gasteiger partial charge is 0.340 e. The summed E-state index contributed by atoms with van der Waals surface area (Å²) in [6.45, 7) is 7.02. The van der Waals surface area contributed by atoms with Crippen molar-refractivity contribution in [2.75, 3.05) is 0 Å². The number of halogens is 1. The third-order valence-corrected chi connectivity index (χ3v) is 2.41. The molecule has 0 saturated carbocycles. The lowest BCUT2D eigenvalue weighted by Crippen LogP contribution is -2.24. The van der Waals surface area contributed by atoms with Gasteiger partial charge in [-0.3, -0.25) is 0 Å². The molecule has 4 heteroatoms. The topological polar surface area (TPSA) is 46.5 Å². The summed E-state index contributed by atoms with van der Waals surface area (Å²) in [6, 6.07) is 4.81. The molecule has 0 saturated heterocycles. The highest BCUT2D eigenvalue weighted by Gasteiger charge is 2.20. The first-order valence-electron chi connectivity index (χ1n) is 5.41. The molecule has 0 aliphatic carbocycles. The molecule has 1 aromatic carbocycles. The molecule has 3 nitrogen and oxygen atoms in total. The van der Waals surface area contributed by atoms with Crippen molar-refractivity contribution in [3.63, 3.8) is 0 Å². The number of carbonyl (C=O) groups is 1. The van der Waals surface area contributed by atoms with E-state index >= 15 is 0 Å². The van der Waals surface area contributed by atoms with Crippen LogP contribution < -0.4 is 0 Å². The van der Waals surface area contributed by atoms with Crippen molar-refractivity contribution in [1.29, 1.82) is 0 Å². The van der Waals surface area contributed by atoms with E-state index in [4.69, 9.17) is 16.3 Å². The highest BCUT2D eigenvalue weighted by atomic mass is 35.5. The van der Waals surface area contributed by atoms with Gasteiger partial charge in [0.05, 0.1) is 16.7 Å². The Bertz CT molecular complexity index is 419. The van der Waals surface area contributed by atoms with Crippen molar-refractivity contribution in [2.45, 2.75) is 39.4 Å². The Morgan fingerprint density at radius 1 is 1.41 bits per heavy atom. The molecule has 94 valence electrons. The largest absolute Gasteiger partial charge is 0.456 e. The van der Waals surface area contributed by atoms with Crippen LogP contribution in [0.15, 0.2) is 18.2 Å². The Hall–Kier alpha value is -1.06. The fourth-order valence-electron chi connectivity index (χ4n) is 1.29. The van der Waals surface area contributed by atoms with Crippen LogP contribution in [0.5, 0.6) is 0 Å². The number of hydrogen-bond donors (Lipinski definition) is 1. The number of hydrogen-bond acceptors (Lipinski definition) is 3. The fraction of sp³-hybridized carbons (Fsp3) is 0.462. The van der Waals surface area contributed by atoms with Gasteiger partial charge in [-0.1, -0.05) is 17.7 Å². The summed E-state index contributed by atoms with van der Waals surface area (Å²) in [6.07, 6.45) is -0.611. The van der Waals surface area contributed by atoms with Crippen molar-refractivity contribution >= 4 is 17.6 Å². The molecule has 1 unspecified atom stereocenters. The quantitative estimate of drug-likeness (QED) is 0.826. The number of aliphatic hydroxyl groups is 1. The lowest BCUT2D eigenvalue weighted by molar-refractivity contribution is 0.00696. The number of esters is 1. The van der Waals surface area contributed by atoms with Crippen LogP contribution in [0, 0.1) is 0 Å². The van der Waals surface area contributed by atoms with E-state index in [2.05, 4.69) is 0 Å². The van der Waals surface area contributed by atoms with Gasteiger partial charge < -0.3 is 9.84 Å². The molecule has 0 aliphatic rings. The molecular formula is C13H17ClO3. The van der Waals surface area contributed by atoms with Gasteiger partial charge >= 0.3 is 5.97 Å². The standard InChI is InChI=1S/C13H17ClO3/c1-8(15)9-5-6-10(11(14)7-9)12(16)17-13(2,3)4/h5-8,15H,1-4H3. The van der Waals surface area contributed by atoms with E-state index in [1.165, 1.54) is 0 Å². The molecule has 1 rings (SSSR count). The molecule has 1 aromatic rings. The van der Waals surface area contributed by atoms with Gasteiger partial charge in [0, 0.05) is 0 Å². The number of rotatable bonds is 2. The summed E-state index contributed by atoms with van der Waals surface area (Å²) < 4.78 is 5.22. The van der Waals surface area contributed by atoms with Gasteiger partial charge in [0.25, 0.3) is 0 Å². The molecule has 0 bridgehead atoms. The van der Waals surface area contributed by atoms with Crippen LogP contribution in [-0.4, -0.2) is 16.7 Å². The van der Waals surface area contributed by atoms with E-state index in [0.717, 1.165) is 0 Å². The minimum absolute atomic E-state index is 0.289. The third kappa shape index (κ3) is 4.02. The van der Waals surface area contributed by atoms with Crippen LogP contribution in [0.4, 0.5) is 0 Å². The lowest BCUT2D eigenvalue weighted by Gasteiger charge is -2.20. The average Bonchev–Trinajstić information content (AvgIpc) is 2.14. The second kappa shape index (κ2) is 5.07. The van der Waals surface area contributed by atoms with E-state index in [1.54, 1.807) is 45.9 Å². The van der Waals surface area contributed by atoms with Crippen molar-refractivity contribution in [3.8, 4) is 0 Å². The average molecular weight is 257 g/mol. The maximum Gasteiger partial charge on any atom is 0.340 e. The number of ether oxygens (including phenoxy) is 1. The van der Waals surface area contributed by atoms with Crippen LogP contribution in [0.25, 0.3) is 0 Å². The number of aliphatic hydroxyl groups excluding tert-OH is 1. The Morgan fingerprint density at radius 3 is 2.41 bits per heavy atom. The monoisotopic (exact) mass is 256 g/mol. The summed E-state index contributed by atoms with van der Waals surface area (Å²) in [5.74, 6) is -0.459. The predicted molar refractivity (Wildman–Crippen MR) is 67.3 cm³/mol. The third-order valence-electron chi connectivity index (χ3n) is 2.09. The Balaban J connectivity index is 2.96. The molecule has 0 spiro atoms. The first-order valence-corrected chi connectivity index (χ1v) is 5.79. The molecule has 0 heterocycles. The normalized spacial score (nSPS) is 13.3. The van der Waals surface area contributed by atoms with Gasteiger partial charge in [0.15, 0.2) is 0 Å². The first kappa shape index (κ1) is 14.0. The van der Waals surface area contributed by atoms with Crippen LogP contribution in [0.2, 0.25) is 5.02 Å². The maximum atomic E-state index is 11.8. The molecule has 1 atom stereocenters. The zero-order valence-corrected chi connectivity index (χ0v) is 11.2. The van der Waals surface area contributed by atoms with E-state index in [-0.39, 0.29) is 5.02 Å². The lowest BCUT2D eigenvalue weighted by atomic mass is 10.1. The van der Waals surface area contributed by atoms with Crippen molar-refractivity contribution in [3.05, 3.63) is 34.3 Å². The van der Waals surface area contributed by atoms with E-state index in [0.29, 0.717) is 11.1 Å². The van der Waals surface area contributed by atoms with Gasteiger partial charge in [0.2, 0.25) is 0 Å². The van der Waals surface area contributed by atoms with Gasteiger partial charge in [-0.15, -0.1) is 0 Å². The van der Waals surface area contributed by atoms with Crippen molar-refractivity contribution < 1.29 is 14.6 Å². The summed E-state index contributed by atoms with van der Waals surface area (Å²) in [7, 11) is 0. The van der Waals surface area contributed by atoms with Crippen LogP contribution in [0.3, 0.4) is 0 Å². The molecule has 0 fully saturated rings. The zero-order valence-electron chi connectivity index (χ0n) is 10.5. The van der Waals surface area contributed by atoms with Crippen LogP contribution >= 0.6 is 11.6 Å². The Kier molecular flexibility index (Phi) is 4.17. The second-order valence-corrected chi connectivity index (χ2v) is 5.32. The van der Waals surface area contributed by atoms with E-state index in [9.17, 15) is 9.90 Å².